The fraction of sp³-hybridized carbons (Fsp3) is 0.250. The summed E-state index contributed by atoms with van der Waals surface area (Å²) in [5.41, 5.74) is 2.26. The van der Waals surface area contributed by atoms with Gasteiger partial charge in [-0.3, -0.25) is 0 Å². The zero-order valence-electron chi connectivity index (χ0n) is 11.8. The molecule has 1 rings (SSSR count). The lowest BCUT2D eigenvalue weighted by molar-refractivity contribution is -0.141. The van der Waals surface area contributed by atoms with Crippen molar-refractivity contribution in [1.82, 2.24) is 0 Å². The van der Waals surface area contributed by atoms with E-state index in [9.17, 15) is 9.59 Å². The van der Waals surface area contributed by atoms with Crippen LogP contribution in [0.1, 0.15) is 25.0 Å². The average Bonchev–Trinajstić information content (AvgIpc) is 2.42. The first-order chi connectivity index (χ1) is 9.41. The van der Waals surface area contributed by atoms with Gasteiger partial charge in [0, 0.05) is 11.1 Å². The van der Waals surface area contributed by atoms with E-state index in [-0.39, 0.29) is 13.2 Å². The predicted octanol–water partition coefficient (Wildman–Crippen LogP) is 2.93. The lowest BCUT2D eigenvalue weighted by atomic mass is 10.1. The predicted molar refractivity (Wildman–Crippen MR) is 75.7 cm³/mol. The molecule has 0 aliphatic carbocycles. The molecule has 1 aromatic rings. The maximum atomic E-state index is 11.4. The standard InChI is InChI=1S/C16H18O4/c1-11(2)15(17)19-9-13-7-5-6-8-14(13)10-20-16(18)12(3)4/h5-8H,1,3,9-10H2,2,4H3. The third-order valence-electron chi connectivity index (χ3n) is 2.53. The molecule has 0 fully saturated rings. The smallest absolute Gasteiger partial charge is 0.333 e. The van der Waals surface area contributed by atoms with E-state index in [1.807, 2.05) is 24.3 Å². The topological polar surface area (TPSA) is 52.6 Å². The van der Waals surface area contributed by atoms with Gasteiger partial charge in [-0.1, -0.05) is 37.4 Å². The van der Waals surface area contributed by atoms with Gasteiger partial charge in [0.2, 0.25) is 0 Å². The first-order valence-electron chi connectivity index (χ1n) is 6.14. The van der Waals surface area contributed by atoms with Gasteiger partial charge in [0.05, 0.1) is 0 Å². The van der Waals surface area contributed by atoms with Crippen LogP contribution >= 0.6 is 0 Å². The molecule has 4 nitrogen and oxygen atoms in total. The molecule has 0 aromatic heterocycles. The Hall–Kier alpha value is -2.36. The molecule has 0 saturated carbocycles. The van der Waals surface area contributed by atoms with Crippen LogP contribution in [0.5, 0.6) is 0 Å². The maximum absolute atomic E-state index is 11.4. The van der Waals surface area contributed by atoms with Crippen molar-refractivity contribution >= 4 is 11.9 Å². The van der Waals surface area contributed by atoms with Crippen molar-refractivity contribution in [2.45, 2.75) is 27.1 Å². The summed E-state index contributed by atoms with van der Waals surface area (Å²) >= 11 is 0. The summed E-state index contributed by atoms with van der Waals surface area (Å²) < 4.78 is 10.2. The Labute approximate surface area is 118 Å². The number of hydrogen-bond acceptors (Lipinski definition) is 4. The molecular weight excluding hydrogens is 256 g/mol. The molecule has 4 heteroatoms. The molecule has 20 heavy (non-hydrogen) atoms. The number of ether oxygens (including phenoxy) is 2. The Morgan fingerprint density at radius 1 is 0.900 bits per heavy atom. The minimum Gasteiger partial charge on any atom is -0.457 e. The van der Waals surface area contributed by atoms with Gasteiger partial charge in [-0.05, 0) is 25.0 Å². The highest BCUT2D eigenvalue weighted by Crippen LogP contribution is 2.13. The Kier molecular flexibility index (Phi) is 5.72. The van der Waals surface area contributed by atoms with Crippen molar-refractivity contribution < 1.29 is 19.1 Å². The van der Waals surface area contributed by atoms with Gasteiger partial charge in [0.25, 0.3) is 0 Å². The van der Waals surface area contributed by atoms with Crippen molar-refractivity contribution in [3.05, 3.63) is 59.7 Å². The van der Waals surface area contributed by atoms with Crippen molar-refractivity contribution in [2.24, 2.45) is 0 Å². The van der Waals surface area contributed by atoms with Gasteiger partial charge in [-0.25, -0.2) is 9.59 Å². The summed E-state index contributed by atoms with van der Waals surface area (Å²) in [4.78, 5) is 22.7. The first kappa shape index (κ1) is 15.7. The fourth-order valence-electron chi connectivity index (χ4n) is 1.37. The molecule has 0 radical (unpaired) electrons. The third-order valence-corrected chi connectivity index (χ3v) is 2.53. The molecule has 0 aliphatic heterocycles. The molecule has 0 aliphatic rings. The minimum atomic E-state index is -0.446. The number of esters is 2. The summed E-state index contributed by atoms with van der Waals surface area (Å²) in [6, 6.07) is 7.29. The van der Waals surface area contributed by atoms with Crippen LogP contribution in [-0.4, -0.2) is 11.9 Å². The van der Waals surface area contributed by atoms with Gasteiger partial charge in [-0.2, -0.15) is 0 Å². The first-order valence-corrected chi connectivity index (χ1v) is 6.14. The van der Waals surface area contributed by atoms with Crippen LogP contribution in [0.2, 0.25) is 0 Å². The fourth-order valence-corrected chi connectivity index (χ4v) is 1.37. The quantitative estimate of drug-likeness (QED) is 0.591. The molecule has 0 amide bonds. The van der Waals surface area contributed by atoms with Crippen molar-refractivity contribution in [2.75, 3.05) is 0 Å². The average molecular weight is 274 g/mol. The van der Waals surface area contributed by atoms with Crippen LogP contribution in [0, 0.1) is 0 Å². The number of hydrogen-bond donors (Lipinski definition) is 0. The van der Waals surface area contributed by atoms with E-state index in [2.05, 4.69) is 13.2 Å². The SMILES string of the molecule is C=C(C)C(=O)OCc1ccccc1COC(=O)C(=C)C. The van der Waals surface area contributed by atoms with Gasteiger partial charge < -0.3 is 9.47 Å². The highest BCUT2D eigenvalue weighted by atomic mass is 16.5. The molecule has 0 bridgehead atoms. The molecule has 0 atom stereocenters. The molecule has 0 heterocycles. The second-order valence-electron chi connectivity index (χ2n) is 4.48. The molecule has 0 N–H and O–H groups in total. The van der Waals surface area contributed by atoms with Gasteiger partial charge in [-0.15, -0.1) is 0 Å². The molecular formula is C16H18O4. The second kappa shape index (κ2) is 7.28. The highest BCUT2D eigenvalue weighted by Gasteiger charge is 2.09. The maximum Gasteiger partial charge on any atom is 0.333 e. The van der Waals surface area contributed by atoms with Gasteiger partial charge >= 0.3 is 11.9 Å². The van der Waals surface area contributed by atoms with E-state index in [1.54, 1.807) is 13.8 Å². The lowest BCUT2D eigenvalue weighted by Crippen LogP contribution is -2.09. The Morgan fingerprint density at radius 3 is 1.55 bits per heavy atom. The zero-order chi connectivity index (χ0) is 15.1. The minimum absolute atomic E-state index is 0.118. The van der Waals surface area contributed by atoms with E-state index in [1.165, 1.54) is 0 Å². The van der Waals surface area contributed by atoms with Crippen molar-refractivity contribution in [1.29, 1.82) is 0 Å². The van der Waals surface area contributed by atoms with E-state index in [0.29, 0.717) is 11.1 Å². The van der Waals surface area contributed by atoms with Gasteiger partial charge in [0.1, 0.15) is 13.2 Å². The number of benzene rings is 1. The van der Waals surface area contributed by atoms with E-state index in [0.717, 1.165) is 11.1 Å². The molecule has 1 aromatic carbocycles. The zero-order valence-corrected chi connectivity index (χ0v) is 11.8. The Balaban J connectivity index is 2.68. The number of carbonyl (C=O) groups is 2. The largest absolute Gasteiger partial charge is 0.457 e. The van der Waals surface area contributed by atoms with Crippen LogP contribution < -0.4 is 0 Å². The lowest BCUT2D eigenvalue weighted by Gasteiger charge is -2.11. The number of rotatable bonds is 6. The molecule has 0 saturated heterocycles. The number of carbonyl (C=O) groups excluding carboxylic acids is 2. The van der Waals surface area contributed by atoms with Crippen LogP contribution in [-0.2, 0) is 32.3 Å². The van der Waals surface area contributed by atoms with E-state index in [4.69, 9.17) is 9.47 Å². The third kappa shape index (κ3) is 4.72. The van der Waals surface area contributed by atoms with Crippen LogP contribution in [0.3, 0.4) is 0 Å². The van der Waals surface area contributed by atoms with Crippen molar-refractivity contribution in [3.63, 3.8) is 0 Å². The highest BCUT2D eigenvalue weighted by molar-refractivity contribution is 5.87. The molecule has 0 unspecified atom stereocenters. The second-order valence-corrected chi connectivity index (χ2v) is 4.48. The van der Waals surface area contributed by atoms with Crippen LogP contribution in [0.4, 0.5) is 0 Å². The summed E-state index contributed by atoms with van der Waals surface area (Å²) in [6.45, 7) is 10.4. The molecule has 106 valence electrons. The van der Waals surface area contributed by atoms with E-state index < -0.39 is 11.9 Å². The summed E-state index contributed by atoms with van der Waals surface area (Å²) in [6.07, 6.45) is 0. The van der Waals surface area contributed by atoms with Crippen LogP contribution in [0.15, 0.2) is 48.6 Å². The Bertz CT molecular complexity index is 494. The van der Waals surface area contributed by atoms with E-state index >= 15 is 0 Å². The summed E-state index contributed by atoms with van der Waals surface area (Å²) in [5.74, 6) is -0.891. The molecule has 0 spiro atoms. The monoisotopic (exact) mass is 274 g/mol. The van der Waals surface area contributed by atoms with Crippen LogP contribution in [0.25, 0.3) is 0 Å². The van der Waals surface area contributed by atoms with Gasteiger partial charge in [0.15, 0.2) is 0 Å². The summed E-state index contributed by atoms with van der Waals surface area (Å²) in [7, 11) is 0. The normalized spacial score (nSPS) is 9.70. The van der Waals surface area contributed by atoms with Crippen molar-refractivity contribution in [3.8, 4) is 0 Å². The Morgan fingerprint density at radius 2 is 1.25 bits per heavy atom. The summed E-state index contributed by atoms with van der Waals surface area (Å²) in [5, 5.41) is 0.